The fourth-order valence-corrected chi connectivity index (χ4v) is 5.04. The lowest BCUT2D eigenvalue weighted by molar-refractivity contribution is 0.0907. The van der Waals surface area contributed by atoms with E-state index in [-0.39, 0.29) is 69.7 Å². The Morgan fingerprint density at radius 1 is 0.604 bits per heavy atom. The fraction of sp³-hybridized carbons (Fsp3) is 0.355. The number of amides is 2. The lowest BCUT2D eigenvalue weighted by atomic mass is 10.0. The molecule has 0 fully saturated rings. The minimum Gasteiger partial charge on any atom is -0.446 e. The number of unbranched alkanes of at least 4 members (excludes halogenated alkanes) is 1. The van der Waals surface area contributed by atoms with Gasteiger partial charge in [-0.05, 0) is 45.8 Å². The first-order chi connectivity index (χ1) is 23.2. The van der Waals surface area contributed by atoms with Crippen LogP contribution in [0, 0.1) is 5.92 Å². The number of carbonyl (C=O) groups is 2. The van der Waals surface area contributed by atoms with Crippen LogP contribution in [0.4, 0.5) is 0 Å². The van der Waals surface area contributed by atoms with Gasteiger partial charge in [-0.3, -0.25) is 9.59 Å². The molecule has 6 aromatic heterocycles. The van der Waals surface area contributed by atoms with Crippen molar-refractivity contribution in [2.24, 2.45) is 5.92 Å². The quantitative estimate of drug-likeness (QED) is 0.227. The summed E-state index contributed by atoms with van der Waals surface area (Å²) in [6.07, 6.45) is 10.1. The van der Waals surface area contributed by atoms with E-state index in [4.69, 9.17) is 26.5 Å². The first kappa shape index (κ1) is 30.8. The van der Waals surface area contributed by atoms with Gasteiger partial charge in [0.1, 0.15) is 49.7 Å². The molecule has 7 heterocycles. The molecule has 0 aromatic carbocycles. The number of rotatable bonds is 6. The van der Waals surface area contributed by atoms with Gasteiger partial charge in [0.15, 0.2) is 34.2 Å². The van der Waals surface area contributed by atoms with Gasteiger partial charge in [0, 0.05) is 0 Å². The molecule has 2 unspecified atom stereocenters. The topological polar surface area (TPSA) is 218 Å². The summed E-state index contributed by atoms with van der Waals surface area (Å²) < 4.78 is 33.9. The zero-order valence-electron chi connectivity index (χ0n) is 26.4. The maximum atomic E-state index is 13.4. The summed E-state index contributed by atoms with van der Waals surface area (Å²) in [5.41, 5.74) is 1.08. The molecule has 12 bridgehead atoms. The van der Waals surface area contributed by atoms with E-state index in [0.717, 1.165) is 19.4 Å². The van der Waals surface area contributed by atoms with Crippen LogP contribution in [0.2, 0.25) is 0 Å². The van der Waals surface area contributed by atoms with Crippen LogP contribution in [-0.4, -0.2) is 67.3 Å². The number of carbonyl (C=O) groups excluding carboxylic acids is 2. The molecular formula is C31H31N9O8. The molecule has 248 valence electrons. The summed E-state index contributed by atoms with van der Waals surface area (Å²) in [6.45, 7) is 4.68. The van der Waals surface area contributed by atoms with Gasteiger partial charge in [-0.2, -0.15) is 0 Å². The number of oxazole rings is 6. The lowest BCUT2D eigenvalue weighted by Crippen LogP contribution is -2.32. The minimum atomic E-state index is -0.629. The van der Waals surface area contributed by atoms with Crippen LogP contribution < -0.4 is 10.6 Å². The number of fused-ring (bicyclic) bond motifs is 16. The SMILES string of the molecule is CC(C)C1NC(=O)c2coc(n2)-c2coc(n2)-c2coc(n2)C(CCCCN(C)C)NC(=O)c2coc(n2)-c2coc(n2)-c2coc1n2. The van der Waals surface area contributed by atoms with Crippen LogP contribution in [0.3, 0.4) is 0 Å². The lowest BCUT2D eigenvalue weighted by Gasteiger charge is -2.18. The van der Waals surface area contributed by atoms with Gasteiger partial charge in [0.05, 0.1) is 0 Å². The second-order valence-corrected chi connectivity index (χ2v) is 11.8. The Morgan fingerprint density at radius 2 is 1.04 bits per heavy atom. The van der Waals surface area contributed by atoms with Gasteiger partial charge in [0.2, 0.25) is 35.3 Å². The van der Waals surface area contributed by atoms with Gasteiger partial charge >= 0.3 is 0 Å². The number of hydrogen-bond donors (Lipinski definition) is 2. The molecule has 0 saturated carbocycles. The molecule has 17 nitrogen and oxygen atoms in total. The maximum Gasteiger partial charge on any atom is 0.273 e. The normalized spacial score (nSPS) is 16.6. The van der Waals surface area contributed by atoms with Crippen LogP contribution in [-0.2, 0) is 0 Å². The van der Waals surface area contributed by atoms with E-state index in [1.54, 1.807) is 0 Å². The monoisotopic (exact) mass is 657 g/mol. The van der Waals surface area contributed by atoms with Gasteiger partial charge in [-0.25, -0.2) is 29.9 Å². The minimum absolute atomic E-state index is 0.0145. The van der Waals surface area contributed by atoms with Crippen LogP contribution in [0.25, 0.3) is 46.3 Å². The van der Waals surface area contributed by atoms with Gasteiger partial charge in [-0.15, -0.1) is 0 Å². The maximum absolute atomic E-state index is 13.4. The highest BCUT2D eigenvalue weighted by molar-refractivity contribution is 5.93. The predicted molar refractivity (Wildman–Crippen MR) is 163 cm³/mol. The summed E-state index contributed by atoms with van der Waals surface area (Å²) in [5, 5.41) is 5.84. The smallest absolute Gasteiger partial charge is 0.273 e. The van der Waals surface area contributed by atoms with Crippen LogP contribution in [0.5, 0.6) is 0 Å². The molecular weight excluding hydrogens is 626 g/mol. The molecule has 1 aliphatic heterocycles. The van der Waals surface area contributed by atoms with E-state index in [1.165, 1.54) is 37.6 Å². The third-order valence-electron chi connectivity index (χ3n) is 7.57. The van der Waals surface area contributed by atoms with Crippen LogP contribution in [0.15, 0.2) is 64.1 Å². The van der Waals surface area contributed by atoms with E-state index in [2.05, 4.69) is 45.4 Å². The Hall–Kier alpha value is -5.84. The second-order valence-electron chi connectivity index (χ2n) is 11.8. The largest absolute Gasteiger partial charge is 0.446 e. The Morgan fingerprint density at radius 3 is 1.58 bits per heavy atom. The molecule has 17 heteroatoms. The molecule has 0 saturated heterocycles. The van der Waals surface area contributed by atoms with E-state index in [9.17, 15) is 9.59 Å². The van der Waals surface area contributed by atoms with Crippen molar-refractivity contribution in [2.45, 2.75) is 45.2 Å². The molecule has 0 aliphatic carbocycles. The van der Waals surface area contributed by atoms with Crippen molar-refractivity contribution in [3.05, 3.63) is 60.7 Å². The van der Waals surface area contributed by atoms with E-state index in [0.29, 0.717) is 12.1 Å². The van der Waals surface area contributed by atoms with E-state index >= 15 is 0 Å². The Bertz CT molecular complexity index is 2040. The first-order valence-corrected chi connectivity index (χ1v) is 15.2. The van der Waals surface area contributed by atoms with E-state index < -0.39 is 23.9 Å². The molecule has 6 aromatic rings. The summed E-state index contributed by atoms with van der Waals surface area (Å²) in [7, 11) is 4.00. The summed E-state index contributed by atoms with van der Waals surface area (Å²) >= 11 is 0. The highest BCUT2D eigenvalue weighted by Gasteiger charge is 2.29. The Balaban J connectivity index is 1.24. The average molecular weight is 658 g/mol. The zero-order chi connectivity index (χ0) is 33.4. The van der Waals surface area contributed by atoms with Gasteiger partial charge in [0.25, 0.3) is 11.8 Å². The average Bonchev–Trinajstić information content (AvgIpc) is 3.90. The summed E-state index contributed by atoms with van der Waals surface area (Å²) in [4.78, 5) is 55.2. The highest BCUT2D eigenvalue weighted by Crippen LogP contribution is 2.30. The second kappa shape index (κ2) is 12.7. The standard InChI is InChI=1S/C31H31N9O8/c1-15(2)23-31-38-22(14-48-31)30-37-19(13-47-30)27-33-17(9-43-27)24(41)32-16(7-5-6-8-40(3)4)26-35-21(11-45-26)29-36-20(12-46-29)28-34-18(10-44-28)25(42)39-23/h9-16,23H,5-8H2,1-4H3,(H,32,41)(H,39,42). The van der Waals surface area contributed by atoms with Crippen molar-refractivity contribution >= 4 is 11.8 Å². The van der Waals surface area contributed by atoms with Crippen molar-refractivity contribution < 1.29 is 36.1 Å². The first-order valence-electron chi connectivity index (χ1n) is 15.2. The molecule has 2 atom stereocenters. The molecule has 2 amide bonds. The van der Waals surface area contributed by atoms with Crippen molar-refractivity contribution in [1.29, 1.82) is 0 Å². The highest BCUT2D eigenvalue weighted by atomic mass is 16.4. The number of nitrogens with zero attached hydrogens (tertiary/aromatic N) is 7. The fourth-order valence-electron chi connectivity index (χ4n) is 5.04. The van der Waals surface area contributed by atoms with Crippen molar-refractivity contribution in [1.82, 2.24) is 45.4 Å². The van der Waals surface area contributed by atoms with Crippen molar-refractivity contribution in [3.8, 4) is 46.3 Å². The third kappa shape index (κ3) is 6.26. The van der Waals surface area contributed by atoms with Crippen molar-refractivity contribution in [3.63, 3.8) is 0 Å². The Labute approximate surface area is 272 Å². The molecule has 0 radical (unpaired) electrons. The molecule has 1 aliphatic rings. The van der Waals surface area contributed by atoms with Gasteiger partial charge in [-0.1, -0.05) is 13.8 Å². The van der Waals surface area contributed by atoms with Crippen LogP contribution in [0.1, 0.15) is 78.0 Å². The zero-order valence-corrected chi connectivity index (χ0v) is 26.4. The van der Waals surface area contributed by atoms with Gasteiger partial charge < -0.3 is 42.0 Å². The van der Waals surface area contributed by atoms with Crippen LogP contribution >= 0.6 is 0 Å². The summed E-state index contributed by atoms with van der Waals surface area (Å²) in [5.74, 6) is -0.276. The summed E-state index contributed by atoms with van der Waals surface area (Å²) in [6, 6.07) is -1.23. The van der Waals surface area contributed by atoms with Crippen molar-refractivity contribution in [2.75, 3.05) is 20.6 Å². The number of nitrogens with one attached hydrogen (secondary N) is 2. The number of aromatic nitrogens is 6. The third-order valence-corrected chi connectivity index (χ3v) is 7.57. The Kier molecular flexibility index (Phi) is 8.18. The molecule has 7 rings (SSSR count). The molecule has 2 N–H and O–H groups in total. The number of hydrogen-bond acceptors (Lipinski definition) is 15. The molecule has 0 spiro atoms. The molecule has 48 heavy (non-hydrogen) atoms. The van der Waals surface area contributed by atoms with E-state index in [1.807, 2.05) is 27.9 Å². The predicted octanol–water partition coefficient (Wildman–Crippen LogP) is 4.93.